The molecule has 0 unspecified atom stereocenters. The lowest BCUT2D eigenvalue weighted by Gasteiger charge is -2.13. The summed E-state index contributed by atoms with van der Waals surface area (Å²) in [5.74, 6) is -0.341. The van der Waals surface area contributed by atoms with Gasteiger partial charge in [-0.25, -0.2) is 0 Å². The third-order valence-corrected chi connectivity index (χ3v) is 6.81. The molecule has 1 aliphatic carbocycles. The smallest absolute Gasteiger partial charge is 0.306 e. The third kappa shape index (κ3) is 5.84. The summed E-state index contributed by atoms with van der Waals surface area (Å²) in [5.41, 5.74) is 4.57. The van der Waals surface area contributed by atoms with Gasteiger partial charge in [-0.1, -0.05) is 66.9 Å². The largest absolute Gasteiger partial charge is 0.481 e. The van der Waals surface area contributed by atoms with Gasteiger partial charge in [0.2, 0.25) is 0 Å². The highest BCUT2D eigenvalue weighted by Gasteiger charge is 2.23. The predicted molar refractivity (Wildman–Crippen MR) is 130 cm³/mol. The second-order valence-corrected chi connectivity index (χ2v) is 9.15. The van der Waals surface area contributed by atoms with Crippen molar-refractivity contribution in [3.05, 3.63) is 71.0 Å². The van der Waals surface area contributed by atoms with E-state index in [1.807, 2.05) is 24.3 Å². The topological polar surface area (TPSA) is 83.0 Å². The Hall–Kier alpha value is -3.08. The fourth-order valence-electron chi connectivity index (χ4n) is 4.92. The number of carboxylic acid groups (broad SMARTS) is 1. The van der Waals surface area contributed by atoms with Gasteiger partial charge in [0.15, 0.2) is 0 Å². The molecule has 1 aliphatic rings. The molecule has 1 atom stereocenters. The van der Waals surface area contributed by atoms with Crippen LogP contribution in [0.4, 0.5) is 0 Å². The van der Waals surface area contributed by atoms with Crippen LogP contribution in [0.15, 0.2) is 58.1 Å². The van der Waals surface area contributed by atoms with Gasteiger partial charge < -0.3 is 14.7 Å². The Kier molecular flexibility index (Phi) is 7.82. The van der Waals surface area contributed by atoms with Crippen LogP contribution in [0.3, 0.4) is 0 Å². The summed E-state index contributed by atoms with van der Waals surface area (Å²) in [6.45, 7) is 0. The van der Waals surface area contributed by atoms with Crippen LogP contribution in [0.5, 0.6) is 0 Å². The number of carboxylic acids is 1. The van der Waals surface area contributed by atoms with Crippen LogP contribution in [0.25, 0.3) is 11.0 Å². The molecule has 0 spiro atoms. The van der Waals surface area contributed by atoms with Crippen molar-refractivity contribution < 1.29 is 19.5 Å². The highest BCUT2D eigenvalue weighted by Crippen LogP contribution is 2.33. The van der Waals surface area contributed by atoms with E-state index in [0.717, 1.165) is 73.7 Å². The van der Waals surface area contributed by atoms with Crippen molar-refractivity contribution in [2.75, 3.05) is 0 Å². The predicted octanol–water partition coefficient (Wildman–Crippen LogP) is 6.77. The van der Waals surface area contributed by atoms with Crippen molar-refractivity contribution >= 4 is 22.7 Å². The minimum Gasteiger partial charge on any atom is -0.481 e. The van der Waals surface area contributed by atoms with Crippen molar-refractivity contribution in [1.29, 1.82) is 0 Å². The number of fused-ring (bicyclic) bond motifs is 3. The van der Waals surface area contributed by atoms with E-state index in [1.165, 1.54) is 17.5 Å². The molecule has 5 heteroatoms. The number of benzene rings is 2. The molecule has 0 bridgehead atoms. The minimum atomic E-state index is -0.838. The molecule has 3 aromatic rings. The Morgan fingerprint density at radius 3 is 2.58 bits per heavy atom. The van der Waals surface area contributed by atoms with Gasteiger partial charge in [0.1, 0.15) is 11.3 Å². The maximum absolute atomic E-state index is 11.9. The second-order valence-electron chi connectivity index (χ2n) is 9.15. The van der Waals surface area contributed by atoms with E-state index in [9.17, 15) is 15.1 Å². The summed E-state index contributed by atoms with van der Waals surface area (Å²) in [5, 5.41) is 24.0. The number of rotatable bonds is 11. The number of furan rings is 1. The summed E-state index contributed by atoms with van der Waals surface area (Å²) in [7, 11) is 0. The quantitative estimate of drug-likeness (QED) is 0.147. The van der Waals surface area contributed by atoms with Crippen molar-refractivity contribution in [3.63, 3.8) is 0 Å². The molecule has 0 saturated carbocycles. The molecule has 0 aliphatic heterocycles. The normalized spacial score (nSPS) is 14.8. The van der Waals surface area contributed by atoms with Crippen molar-refractivity contribution in [2.24, 2.45) is 11.1 Å². The van der Waals surface area contributed by atoms with E-state index in [0.29, 0.717) is 12.1 Å². The first-order valence-corrected chi connectivity index (χ1v) is 12.2. The number of nitrogens with zero attached hydrogens (tertiary/aromatic N) is 1. The molecule has 5 nitrogen and oxygen atoms in total. The number of oxime groups is 1. The molecule has 1 aromatic heterocycles. The van der Waals surface area contributed by atoms with Crippen LogP contribution >= 0.6 is 0 Å². The standard InChI is InChI=1S/C28H33NO4/c30-28(31)22(13-7-2-1-4-10-20-11-5-3-6-12-20)18-25(29-32)21-16-17-24-23-14-8-9-15-26(23)33-27(24)19-21/h3,5-6,11-12,16-17,19,22,32H,1-2,4,7-10,13-15,18H2,(H,30,31)/t22-/m1/s1. The van der Waals surface area contributed by atoms with Gasteiger partial charge in [0.05, 0.1) is 11.6 Å². The Morgan fingerprint density at radius 2 is 1.79 bits per heavy atom. The molecule has 0 radical (unpaired) electrons. The monoisotopic (exact) mass is 447 g/mol. The van der Waals surface area contributed by atoms with Crippen LogP contribution in [0, 0.1) is 5.92 Å². The van der Waals surface area contributed by atoms with Crippen LogP contribution in [0.2, 0.25) is 0 Å². The van der Waals surface area contributed by atoms with E-state index in [4.69, 9.17) is 4.42 Å². The first-order valence-electron chi connectivity index (χ1n) is 12.2. The fourth-order valence-corrected chi connectivity index (χ4v) is 4.92. The SMILES string of the molecule is O=C(O)[C@H](CCCCCCc1ccccc1)CC(=NO)c1ccc2c3c(oc2c1)CCCC3. The van der Waals surface area contributed by atoms with Crippen LogP contribution in [0.1, 0.15) is 73.8 Å². The highest BCUT2D eigenvalue weighted by atomic mass is 16.4. The van der Waals surface area contributed by atoms with Crippen molar-refractivity contribution in [1.82, 2.24) is 0 Å². The number of aliphatic carboxylic acids is 1. The van der Waals surface area contributed by atoms with E-state index < -0.39 is 11.9 Å². The lowest BCUT2D eigenvalue weighted by atomic mass is 9.91. The molecular weight excluding hydrogens is 414 g/mol. The molecule has 1 heterocycles. The lowest BCUT2D eigenvalue weighted by molar-refractivity contribution is -0.141. The highest BCUT2D eigenvalue weighted by molar-refractivity contribution is 6.04. The summed E-state index contributed by atoms with van der Waals surface area (Å²) in [6, 6.07) is 16.3. The molecule has 0 amide bonds. The average Bonchev–Trinajstić information content (AvgIpc) is 3.21. The zero-order valence-electron chi connectivity index (χ0n) is 19.1. The summed E-state index contributed by atoms with van der Waals surface area (Å²) >= 11 is 0. The van der Waals surface area contributed by atoms with Gasteiger partial charge in [-0.15, -0.1) is 0 Å². The summed E-state index contributed by atoms with van der Waals surface area (Å²) in [6.07, 6.45) is 10.2. The maximum atomic E-state index is 11.9. The average molecular weight is 448 g/mol. The van der Waals surface area contributed by atoms with Gasteiger partial charge in [-0.3, -0.25) is 4.79 Å². The Morgan fingerprint density at radius 1 is 1.00 bits per heavy atom. The number of hydrogen-bond acceptors (Lipinski definition) is 4. The minimum absolute atomic E-state index is 0.210. The van der Waals surface area contributed by atoms with Crippen LogP contribution in [-0.4, -0.2) is 22.0 Å². The number of carbonyl (C=O) groups is 1. The van der Waals surface area contributed by atoms with E-state index >= 15 is 0 Å². The van der Waals surface area contributed by atoms with Crippen molar-refractivity contribution in [2.45, 2.75) is 70.6 Å². The zero-order valence-corrected chi connectivity index (χ0v) is 19.1. The fraction of sp³-hybridized carbons (Fsp3) is 0.429. The first-order chi connectivity index (χ1) is 16.2. The number of aryl methyl sites for hydroxylation is 3. The van der Waals surface area contributed by atoms with Gasteiger partial charge >= 0.3 is 5.97 Å². The number of hydrogen-bond donors (Lipinski definition) is 2. The van der Waals surface area contributed by atoms with Crippen LogP contribution < -0.4 is 0 Å². The summed E-state index contributed by atoms with van der Waals surface area (Å²) < 4.78 is 6.06. The Balaban J connectivity index is 1.32. The van der Waals surface area contributed by atoms with E-state index in [-0.39, 0.29) is 6.42 Å². The Bertz CT molecular complexity index is 1100. The molecule has 2 aromatic carbocycles. The van der Waals surface area contributed by atoms with Gasteiger partial charge in [0, 0.05) is 29.4 Å². The van der Waals surface area contributed by atoms with Gasteiger partial charge in [-0.2, -0.15) is 0 Å². The number of unbranched alkanes of at least 4 members (excludes halogenated alkanes) is 3. The summed E-state index contributed by atoms with van der Waals surface area (Å²) in [4.78, 5) is 11.9. The van der Waals surface area contributed by atoms with E-state index in [2.05, 4.69) is 29.4 Å². The molecular formula is C28H33NO4. The molecule has 2 N–H and O–H groups in total. The molecule has 0 fully saturated rings. The Labute approximate surface area is 195 Å². The molecule has 174 valence electrons. The van der Waals surface area contributed by atoms with E-state index in [1.54, 1.807) is 0 Å². The molecule has 33 heavy (non-hydrogen) atoms. The third-order valence-electron chi connectivity index (χ3n) is 6.81. The van der Waals surface area contributed by atoms with Gasteiger partial charge in [0.25, 0.3) is 0 Å². The maximum Gasteiger partial charge on any atom is 0.306 e. The first kappa shape index (κ1) is 23.1. The van der Waals surface area contributed by atoms with Gasteiger partial charge in [-0.05, 0) is 50.2 Å². The molecule has 0 saturated heterocycles. The second kappa shape index (κ2) is 11.2. The lowest BCUT2D eigenvalue weighted by Crippen LogP contribution is -2.19. The van der Waals surface area contributed by atoms with Crippen molar-refractivity contribution in [3.8, 4) is 0 Å². The molecule has 4 rings (SSSR count). The zero-order chi connectivity index (χ0) is 23.0. The van der Waals surface area contributed by atoms with Crippen LogP contribution in [-0.2, 0) is 24.1 Å².